The lowest BCUT2D eigenvalue weighted by atomic mass is 10.1. The van der Waals surface area contributed by atoms with E-state index in [1.807, 2.05) is 7.05 Å². The van der Waals surface area contributed by atoms with Crippen molar-refractivity contribution in [1.82, 2.24) is 5.06 Å². The standard InChI is InChI=1S/C14H29NO2/c1-4-5-6-7-8-9-10-11-12-13-15(3)17-14(2)16/h4-13H2,1-3H3. The summed E-state index contributed by atoms with van der Waals surface area (Å²) in [6.45, 7) is 4.53. The molecule has 0 rings (SSSR count). The molecule has 0 unspecified atom stereocenters. The predicted molar refractivity (Wildman–Crippen MR) is 71.6 cm³/mol. The molecule has 0 atom stereocenters. The Hall–Kier alpha value is -0.570. The minimum atomic E-state index is -0.233. The summed E-state index contributed by atoms with van der Waals surface area (Å²) in [4.78, 5) is 15.6. The first-order valence-corrected chi connectivity index (χ1v) is 7.06. The highest BCUT2D eigenvalue weighted by molar-refractivity contribution is 5.65. The summed E-state index contributed by atoms with van der Waals surface area (Å²) in [7, 11) is 1.81. The second-order valence-electron chi connectivity index (χ2n) is 4.76. The molecule has 0 amide bonds. The second kappa shape index (κ2) is 11.9. The Bertz CT molecular complexity index is 183. The van der Waals surface area contributed by atoms with Gasteiger partial charge in [-0.1, -0.05) is 58.3 Å². The van der Waals surface area contributed by atoms with E-state index in [0.717, 1.165) is 13.0 Å². The van der Waals surface area contributed by atoms with Crippen LogP contribution in [-0.2, 0) is 9.63 Å². The van der Waals surface area contributed by atoms with Gasteiger partial charge in [0.05, 0.1) is 0 Å². The first kappa shape index (κ1) is 16.4. The summed E-state index contributed by atoms with van der Waals surface area (Å²) in [6, 6.07) is 0. The van der Waals surface area contributed by atoms with Crippen LogP contribution in [-0.4, -0.2) is 24.6 Å². The van der Waals surface area contributed by atoms with E-state index in [2.05, 4.69) is 6.92 Å². The average Bonchev–Trinajstić information content (AvgIpc) is 2.26. The Morgan fingerprint density at radius 2 is 1.41 bits per heavy atom. The van der Waals surface area contributed by atoms with Gasteiger partial charge in [0.25, 0.3) is 0 Å². The summed E-state index contributed by atoms with van der Waals surface area (Å²) in [5.41, 5.74) is 0. The second-order valence-corrected chi connectivity index (χ2v) is 4.76. The van der Waals surface area contributed by atoms with E-state index >= 15 is 0 Å². The molecule has 0 aliphatic carbocycles. The number of carbonyl (C=O) groups excluding carboxylic acids is 1. The highest BCUT2D eigenvalue weighted by Crippen LogP contribution is 2.09. The van der Waals surface area contributed by atoms with Crippen LogP contribution in [0.3, 0.4) is 0 Å². The number of unbranched alkanes of at least 4 members (excludes halogenated alkanes) is 8. The van der Waals surface area contributed by atoms with Gasteiger partial charge in [-0.25, -0.2) is 0 Å². The zero-order chi connectivity index (χ0) is 12.9. The van der Waals surface area contributed by atoms with Gasteiger partial charge in [0.1, 0.15) is 0 Å². The van der Waals surface area contributed by atoms with Crippen molar-refractivity contribution < 1.29 is 9.63 Å². The Kier molecular flexibility index (Phi) is 11.5. The summed E-state index contributed by atoms with van der Waals surface area (Å²) >= 11 is 0. The third kappa shape index (κ3) is 13.4. The smallest absolute Gasteiger partial charge is 0.322 e. The highest BCUT2D eigenvalue weighted by atomic mass is 16.7. The molecular formula is C14H29NO2. The Morgan fingerprint density at radius 1 is 0.941 bits per heavy atom. The highest BCUT2D eigenvalue weighted by Gasteiger charge is 2.01. The lowest BCUT2D eigenvalue weighted by molar-refractivity contribution is -0.181. The van der Waals surface area contributed by atoms with Crippen molar-refractivity contribution in [2.75, 3.05) is 13.6 Å². The van der Waals surface area contributed by atoms with Crippen LogP contribution < -0.4 is 0 Å². The molecule has 0 heterocycles. The number of hydrogen-bond donors (Lipinski definition) is 0. The lowest BCUT2D eigenvalue weighted by Gasteiger charge is -2.14. The molecular weight excluding hydrogens is 214 g/mol. The van der Waals surface area contributed by atoms with E-state index in [-0.39, 0.29) is 5.97 Å². The number of rotatable bonds is 11. The molecule has 17 heavy (non-hydrogen) atoms. The van der Waals surface area contributed by atoms with Crippen LogP contribution in [0.25, 0.3) is 0 Å². The van der Waals surface area contributed by atoms with Gasteiger partial charge in [-0.15, -0.1) is 5.06 Å². The van der Waals surface area contributed by atoms with E-state index in [4.69, 9.17) is 4.84 Å². The molecule has 3 nitrogen and oxygen atoms in total. The zero-order valence-corrected chi connectivity index (χ0v) is 11.8. The fourth-order valence-electron chi connectivity index (χ4n) is 1.91. The van der Waals surface area contributed by atoms with Crippen molar-refractivity contribution in [3.63, 3.8) is 0 Å². The first-order chi connectivity index (χ1) is 8.16. The SMILES string of the molecule is CCCCCCCCCCCN(C)OC(C)=O. The molecule has 0 fully saturated rings. The first-order valence-electron chi connectivity index (χ1n) is 7.06. The molecule has 3 heteroatoms. The molecule has 0 aromatic carbocycles. The molecule has 0 aromatic rings. The van der Waals surface area contributed by atoms with Crippen LogP contribution in [0.4, 0.5) is 0 Å². The van der Waals surface area contributed by atoms with Gasteiger partial charge in [-0.2, -0.15) is 0 Å². The molecule has 0 spiro atoms. The Labute approximate surface area is 106 Å². The maximum absolute atomic E-state index is 10.7. The average molecular weight is 243 g/mol. The van der Waals surface area contributed by atoms with E-state index in [0.29, 0.717) is 0 Å². The van der Waals surface area contributed by atoms with Crippen LogP contribution in [0.15, 0.2) is 0 Å². The van der Waals surface area contributed by atoms with Crippen molar-refractivity contribution in [3.8, 4) is 0 Å². The molecule has 0 aromatic heterocycles. The third-order valence-corrected chi connectivity index (χ3v) is 2.86. The Morgan fingerprint density at radius 3 is 1.88 bits per heavy atom. The maximum atomic E-state index is 10.7. The van der Waals surface area contributed by atoms with Gasteiger partial charge in [0.15, 0.2) is 0 Å². The van der Waals surface area contributed by atoms with Gasteiger partial charge in [0.2, 0.25) is 0 Å². The maximum Gasteiger partial charge on any atom is 0.322 e. The molecule has 0 aliphatic heterocycles. The number of nitrogens with zero attached hydrogens (tertiary/aromatic N) is 1. The lowest BCUT2D eigenvalue weighted by Crippen LogP contribution is -2.22. The fraction of sp³-hybridized carbons (Fsp3) is 0.929. The van der Waals surface area contributed by atoms with Crippen LogP contribution in [0.5, 0.6) is 0 Å². The van der Waals surface area contributed by atoms with Crippen LogP contribution in [0.1, 0.15) is 71.6 Å². The van der Waals surface area contributed by atoms with E-state index in [1.54, 1.807) is 5.06 Å². The molecule has 0 bridgehead atoms. The monoisotopic (exact) mass is 243 g/mol. The van der Waals surface area contributed by atoms with Gasteiger partial charge in [0, 0.05) is 20.5 Å². The summed E-state index contributed by atoms with van der Waals surface area (Å²) in [6.07, 6.45) is 11.9. The van der Waals surface area contributed by atoms with Crippen LogP contribution >= 0.6 is 0 Å². The molecule has 0 saturated heterocycles. The van der Waals surface area contributed by atoms with Gasteiger partial charge in [-0.3, -0.25) is 4.79 Å². The zero-order valence-electron chi connectivity index (χ0n) is 11.8. The van der Waals surface area contributed by atoms with Crippen molar-refractivity contribution in [2.45, 2.75) is 71.6 Å². The minimum absolute atomic E-state index is 0.233. The predicted octanol–water partition coefficient (Wildman–Crippen LogP) is 3.93. The normalized spacial score (nSPS) is 10.8. The molecule has 0 aliphatic rings. The summed E-state index contributed by atoms with van der Waals surface area (Å²) < 4.78 is 0. The number of carbonyl (C=O) groups is 1. The molecule has 0 radical (unpaired) electrons. The summed E-state index contributed by atoms with van der Waals surface area (Å²) in [5.74, 6) is -0.233. The largest absolute Gasteiger partial charge is 0.369 e. The van der Waals surface area contributed by atoms with Crippen LogP contribution in [0.2, 0.25) is 0 Å². The quantitative estimate of drug-likeness (QED) is 0.407. The number of hydrogen-bond acceptors (Lipinski definition) is 3. The number of hydroxylamine groups is 2. The fourth-order valence-corrected chi connectivity index (χ4v) is 1.91. The molecule has 102 valence electrons. The van der Waals surface area contributed by atoms with Gasteiger partial charge >= 0.3 is 5.97 Å². The van der Waals surface area contributed by atoms with Gasteiger partial charge in [-0.05, 0) is 6.42 Å². The minimum Gasteiger partial charge on any atom is -0.369 e. The van der Waals surface area contributed by atoms with E-state index < -0.39 is 0 Å². The van der Waals surface area contributed by atoms with E-state index in [1.165, 1.54) is 58.3 Å². The molecule has 0 N–H and O–H groups in total. The van der Waals surface area contributed by atoms with Crippen molar-refractivity contribution in [3.05, 3.63) is 0 Å². The van der Waals surface area contributed by atoms with E-state index in [9.17, 15) is 4.79 Å². The summed E-state index contributed by atoms with van der Waals surface area (Å²) in [5, 5.41) is 1.63. The van der Waals surface area contributed by atoms with Crippen LogP contribution in [0, 0.1) is 0 Å². The topological polar surface area (TPSA) is 29.5 Å². The van der Waals surface area contributed by atoms with Gasteiger partial charge < -0.3 is 4.84 Å². The van der Waals surface area contributed by atoms with Crippen molar-refractivity contribution in [2.24, 2.45) is 0 Å². The third-order valence-electron chi connectivity index (χ3n) is 2.86. The van der Waals surface area contributed by atoms with Crippen molar-refractivity contribution in [1.29, 1.82) is 0 Å². The molecule has 0 saturated carbocycles. The Balaban J connectivity index is 3.10. The van der Waals surface area contributed by atoms with Crippen molar-refractivity contribution >= 4 is 5.97 Å².